The molecule has 35 heavy (non-hydrogen) atoms. The van der Waals surface area contributed by atoms with Gasteiger partial charge in [-0.05, 0) is 48.5 Å². The third-order valence-corrected chi connectivity index (χ3v) is 4.46. The van der Waals surface area contributed by atoms with Crippen LogP contribution in [0, 0.1) is 5.82 Å². The van der Waals surface area contributed by atoms with E-state index in [-0.39, 0.29) is 16.9 Å². The molecular weight excluding hydrogens is 491 g/mol. The lowest BCUT2D eigenvalue weighted by atomic mass is 10.1. The van der Waals surface area contributed by atoms with E-state index in [0.717, 1.165) is 42.5 Å². The highest BCUT2D eigenvalue weighted by Gasteiger charge is 2.32. The lowest BCUT2D eigenvalue weighted by molar-refractivity contribution is -0.274. The van der Waals surface area contributed by atoms with E-state index in [2.05, 4.69) is 9.84 Å². The van der Waals surface area contributed by atoms with Crippen LogP contribution in [-0.4, -0.2) is 46.0 Å². The predicted molar refractivity (Wildman–Crippen MR) is 106 cm³/mol. The number of carbonyl (C=O) groups is 1. The predicted octanol–water partition coefficient (Wildman–Crippen LogP) is 3.59. The first-order valence-electron chi connectivity index (χ1n) is 9.53. The Morgan fingerprint density at radius 3 is 2.26 bits per heavy atom. The molecule has 0 spiro atoms. The average molecular weight is 505 g/mol. The standard InChI is InChI=1S/C21H14F7N3O4/c22-11-2-1-3-12(8-11)31-20(34)14(19(33)29-16(17(23)24)18(25)32)9-15(30-31)10-4-6-13(7-5-10)35-21(26,27)28/h1-9,16-18,32H,(H,29,33). The van der Waals surface area contributed by atoms with E-state index < -0.39 is 53.8 Å². The zero-order chi connectivity index (χ0) is 25.9. The summed E-state index contributed by atoms with van der Waals surface area (Å²) in [5.74, 6) is -2.89. The van der Waals surface area contributed by atoms with Gasteiger partial charge in [0.15, 0.2) is 0 Å². The Morgan fingerprint density at radius 1 is 1.06 bits per heavy atom. The maximum Gasteiger partial charge on any atom is 0.573 e. The largest absolute Gasteiger partial charge is 0.573 e. The van der Waals surface area contributed by atoms with Crippen molar-refractivity contribution in [1.82, 2.24) is 15.1 Å². The average Bonchev–Trinajstić information content (AvgIpc) is 2.76. The monoisotopic (exact) mass is 505 g/mol. The van der Waals surface area contributed by atoms with Crippen molar-refractivity contribution >= 4 is 5.91 Å². The van der Waals surface area contributed by atoms with Gasteiger partial charge in [0.1, 0.15) is 23.2 Å². The van der Waals surface area contributed by atoms with Gasteiger partial charge >= 0.3 is 6.36 Å². The maximum atomic E-state index is 13.7. The summed E-state index contributed by atoms with van der Waals surface area (Å²) in [6.07, 6.45) is -11.7. The van der Waals surface area contributed by atoms with Crippen LogP contribution in [0.4, 0.5) is 30.7 Å². The lowest BCUT2D eigenvalue weighted by Crippen LogP contribution is -2.48. The Kier molecular flexibility index (Phi) is 7.43. The fraction of sp³-hybridized carbons (Fsp3) is 0.190. The Bertz CT molecular complexity index is 1250. The highest BCUT2D eigenvalue weighted by atomic mass is 19.4. The Hall–Kier alpha value is -3.94. The molecule has 0 bridgehead atoms. The van der Waals surface area contributed by atoms with Crippen LogP contribution in [0.25, 0.3) is 16.9 Å². The number of rotatable bonds is 7. The first-order chi connectivity index (χ1) is 16.4. The van der Waals surface area contributed by atoms with Crippen LogP contribution in [0.5, 0.6) is 5.75 Å². The van der Waals surface area contributed by atoms with Crippen molar-refractivity contribution in [2.75, 3.05) is 0 Å². The van der Waals surface area contributed by atoms with Crippen LogP contribution >= 0.6 is 0 Å². The van der Waals surface area contributed by atoms with Crippen LogP contribution in [0.2, 0.25) is 0 Å². The molecule has 186 valence electrons. The summed E-state index contributed by atoms with van der Waals surface area (Å²) in [5.41, 5.74) is -2.41. The van der Waals surface area contributed by atoms with Gasteiger partial charge in [-0.25, -0.2) is 17.6 Å². The number of aromatic nitrogens is 2. The van der Waals surface area contributed by atoms with Crippen LogP contribution in [-0.2, 0) is 0 Å². The minimum absolute atomic E-state index is 0.0506. The highest BCUT2D eigenvalue weighted by molar-refractivity contribution is 5.95. The molecule has 1 heterocycles. The molecule has 2 aromatic carbocycles. The van der Waals surface area contributed by atoms with Gasteiger partial charge in [0.2, 0.25) is 6.36 Å². The number of aliphatic hydroxyl groups is 1. The van der Waals surface area contributed by atoms with E-state index in [4.69, 9.17) is 5.11 Å². The fourth-order valence-electron chi connectivity index (χ4n) is 2.89. The van der Waals surface area contributed by atoms with E-state index in [1.54, 1.807) is 0 Å². The molecule has 14 heteroatoms. The zero-order valence-corrected chi connectivity index (χ0v) is 17.1. The maximum absolute atomic E-state index is 13.7. The zero-order valence-electron chi connectivity index (χ0n) is 17.1. The lowest BCUT2D eigenvalue weighted by Gasteiger charge is -2.18. The number of nitrogens with one attached hydrogen (secondary N) is 1. The first kappa shape index (κ1) is 25.7. The summed E-state index contributed by atoms with van der Waals surface area (Å²) in [6, 6.07) is 6.52. The molecule has 7 nitrogen and oxygen atoms in total. The molecule has 3 rings (SSSR count). The molecule has 1 amide bonds. The minimum atomic E-state index is -4.96. The van der Waals surface area contributed by atoms with Crippen LogP contribution in [0.1, 0.15) is 10.4 Å². The van der Waals surface area contributed by atoms with Crippen molar-refractivity contribution < 1.29 is 45.4 Å². The van der Waals surface area contributed by atoms with Crippen LogP contribution in [0.3, 0.4) is 0 Å². The van der Waals surface area contributed by atoms with Crippen molar-refractivity contribution in [3.8, 4) is 22.7 Å². The quantitative estimate of drug-likeness (QED) is 0.479. The summed E-state index contributed by atoms with van der Waals surface area (Å²) >= 11 is 0. The number of benzene rings is 2. The summed E-state index contributed by atoms with van der Waals surface area (Å²) in [6.45, 7) is 0. The van der Waals surface area contributed by atoms with E-state index in [1.165, 1.54) is 17.4 Å². The highest BCUT2D eigenvalue weighted by Crippen LogP contribution is 2.26. The number of alkyl halides is 6. The summed E-state index contributed by atoms with van der Waals surface area (Å²) in [4.78, 5) is 25.4. The molecule has 0 saturated heterocycles. The van der Waals surface area contributed by atoms with Crippen molar-refractivity contribution in [2.45, 2.75) is 25.2 Å². The number of ether oxygens (including phenoxy) is 1. The summed E-state index contributed by atoms with van der Waals surface area (Å²) in [7, 11) is 0. The second kappa shape index (κ2) is 10.1. The number of nitrogens with zero attached hydrogens (tertiary/aromatic N) is 2. The molecule has 0 fully saturated rings. The molecule has 0 aliphatic carbocycles. The molecule has 0 aliphatic heterocycles. The fourth-order valence-corrected chi connectivity index (χ4v) is 2.89. The van der Waals surface area contributed by atoms with E-state index >= 15 is 0 Å². The van der Waals surface area contributed by atoms with Gasteiger partial charge < -0.3 is 15.2 Å². The molecule has 3 aromatic rings. The molecule has 0 saturated carbocycles. The molecule has 1 aromatic heterocycles. The van der Waals surface area contributed by atoms with E-state index in [0.29, 0.717) is 4.68 Å². The van der Waals surface area contributed by atoms with E-state index in [1.807, 2.05) is 0 Å². The molecule has 2 N–H and O–H groups in total. The van der Waals surface area contributed by atoms with Crippen molar-refractivity contribution in [2.24, 2.45) is 0 Å². The van der Waals surface area contributed by atoms with Gasteiger partial charge in [0.05, 0.1) is 11.4 Å². The Labute approximate surface area is 191 Å². The van der Waals surface area contributed by atoms with Crippen molar-refractivity contribution in [3.05, 3.63) is 76.3 Å². The van der Waals surface area contributed by atoms with Gasteiger partial charge in [-0.15, -0.1) is 13.2 Å². The van der Waals surface area contributed by atoms with Gasteiger partial charge in [-0.3, -0.25) is 9.59 Å². The van der Waals surface area contributed by atoms with Crippen LogP contribution < -0.4 is 15.6 Å². The van der Waals surface area contributed by atoms with Gasteiger partial charge in [-0.2, -0.15) is 9.78 Å². The normalized spacial score (nSPS) is 13.4. The SMILES string of the molecule is O=C(NC(C(O)F)C(F)F)c1cc(-c2ccc(OC(F)(F)F)cc2)nn(-c2cccc(F)c2)c1=O. The number of halogens is 7. The number of hydrogen-bond donors (Lipinski definition) is 2. The Balaban J connectivity index is 2.12. The van der Waals surface area contributed by atoms with Crippen molar-refractivity contribution in [1.29, 1.82) is 0 Å². The molecular formula is C21H14F7N3O4. The molecule has 2 unspecified atom stereocenters. The third-order valence-electron chi connectivity index (χ3n) is 4.46. The van der Waals surface area contributed by atoms with Crippen LogP contribution in [0.15, 0.2) is 59.4 Å². The smallest absolute Gasteiger partial charge is 0.406 e. The molecule has 2 atom stereocenters. The van der Waals surface area contributed by atoms with E-state index in [9.17, 15) is 40.3 Å². The summed E-state index contributed by atoms with van der Waals surface area (Å²) < 4.78 is 94.3. The summed E-state index contributed by atoms with van der Waals surface area (Å²) in [5, 5.41) is 14.3. The van der Waals surface area contributed by atoms with Gasteiger partial charge in [0, 0.05) is 5.56 Å². The van der Waals surface area contributed by atoms with Gasteiger partial charge in [0.25, 0.3) is 17.9 Å². The second-order valence-corrected chi connectivity index (χ2v) is 6.92. The van der Waals surface area contributed by atoms with Crippen molar-refractivity contribution in [3.63, 3.8) is 0 Å². The number of hydrogen-bond acceptors (Lipinski definition) is 5. The molecule has 0 aliphatic rings. The third kappa shape index (κ3) is 6.35. The number of amides is 1. The number of carbonyl (C=O) groups excluding carboxylic acids is 1. The number of aliphatic hydroxyl groups excluding tert-OH is 1. The topological polar surface area (TPSA) is 93.4 Å². The Morgan fingerprint density at radius 2 is 1.71 bits per heavy atom. The second-order valence-electron chi connectivity index (χ2n) is 6.92. The first-order valence-corrected chi connectivity index (χ1v) is 9.53. The van der Waals surface area contributed by atoms with Gasteiger partial charge in [-0.1, -0.05) is 6.07 Å². The minimum Gasteiger partial charge on any atom is -0.406 e. The molecule has 0 radical (unpaired) electrons.